The molecule has 1 saturated carbocycles. The highest BCUT2D eigenvalue weighted by Gasteiger charge is 2.40. The summed E-state index contributed by atoms with van der Waals surface area (Å²) in [7, 11) is 0. The molecule has 0 aromatic carbocycles. The molecule has 5 N–H and O–H groups in total. The lowest BCUT2D eigenvalue weighted by molar-refractivity contribution is 0.0891. The van der Waals surface area contributed by atoms with Gasteiger partial charge in [-0.2, -0.15) is 0 Å². The van der Waals surface area contributed by atoms with Gasteiger partial charge in [0.25, 0.3) is 0 Å². The lowest BCUT2D eigenvalue weighted by Gasteiger charge is -2.45. The molecule has 2 atom stereocenters. The minimum Gasteiger partial charge on any atom is -0.388 e. The van der Waals surface area contributed by atoms with E-state index in [4.69, 9.17) is 16.9 Å². The molecule has 0 amide bonds. The molecule has 82 valence electrons. The van der Waals surface area contributed by atoms with E-state index in [1.165, 1.54) is 0 Å². The fraction of sp³-hybridized carbons (Fsp3) is 0.909. The van der Waals surface area contributed by atoms with Crippen LogP contribution >= 0.6 is 0 Å². The second-order valence-electron chi connectivity index (χ2n) is 6.02. The van der Waals surface area contributed by atoms with E-state index in [0.717, 1.165) is 19.3 Å². The molecular weight excluding hydrogens is 174 g/mol. The number of hydrogen-bond donors (Lipinski definition) is 3. The number of nitrogens with one attached hydrogen (secondary N) is 1. The first kappa shape index (κ1) is 11.5. The minimum absolute atomic E-state index is 0.132. The third-order valence-electron chi connectivity index (χ3n) is 3.09. The van der Waals surface area contributed by atoms with Gasteiger partial charge in [-0.05, 0) is 30.1 Å². The largest absolute Gasteiger partial charge is 0.388 e. The topological polar surface area (TPSA) is 75.9 Å². The molecule has 14 heavy (non-hydrogen) atoms. The summed E-state index contributed by atoms with van der Waals surface area (Å²) >= 11 is 0. The first-order chi connectivity index (χ1) is 6.22. The fourth-order valence-electron chi connectivity index (χ4n) is 3.31. The Balaban J connectivity index is 2.73. The highest BCUT2D eigenvalue weighted by Crippen LogP contribution is 2.47. The smallest absolute Gasteiger partial charge is 0.0910 e. The molecule has 3 heteroatoms. The Hall–Kier alpha value is -0.570. The van der Waals surface area contributed by atoms with Gasteiger partial charge in [-0.15, -0.1) is 0 Å². The Morgan fingerprint density at radius 2 is 1.93 bits per heavy atom. The summed E-state index contributed by atoms with van der Waals surface area (Å²) in [5.41, 5.74) is 12.0. The van der Waals surface area contributed by atoms with Gasteiger partial charge in [0, 0.05) is 12.5 Å². The Kier molecular flexibility index (Phi) is 2.91. The molecule has 1 fully saturated rings. The van der Waals surface area contributed by atoms with Gasteiger partial charge in [0.05, 0.1) is 5.84 Å². The van der Waals surface area contributed by atoms with Crippen LogP contribution in [0.5, 0.6) is 0 Å². The maximum Gasteiger partial charge on any atom is 0.0910 e. The monoisotopic (exact) mass is 197 g/mol. The number of amidine groups is 1. The van der Waals surface area contributed by atoms with Gasteiger partial charge < -0.3 is 11.5 Å². The molecule has 1 aliphatic rings. The van der Waals surface area contributed by atoms with Crippen LogP contribution < -0.4 is 11.5 Å². The highest BCUT2D eigenvalue weighted by atomic mass is 14.7. The normalized spacial score (nSPS) is 36.7. The first-order valence-corrected chi connectivity index (χ1v) is 5.31. The second-order valence-corrected chi connectivity index (χ2v) is 6.02. The lowest BCUT2D eigenvalue weighted by Crippen LogP contribution is -2.43. The van der Waals surface area contributed by atoms with Crippen molar-refractivity contribution in [2.45, 2.75) is 52.5 Å². The Bertz CT molecular complexity index is 235. The lowest BCUT2D eigenvalue weighted by atomic mass is 9.61. The Labute approximate surface area is 86.7 Å². The highest BCUT2D eigenvalue weighted by molar-refractivity contribution is 5.77. The van der Waals surface area contributed by atoms with Crippen molar-refractivity contribution in [2.24, 2.45) is 22.3 Å². The van der Waals surface area contributed by atoms with E-state index in [1.54, 1.807) is 0 Å². The van der Waals surface area contributed by atoms with Crippen LogP contribution in [-0.2, 0) is 0 Å². The van der Waals surface area contributed by atoms with E-state index in [0.29, 0.717) is 11.8 Å². The van der Waals surface area contributed by atoms with E-state index in [-0.39, 0.29) is 17.3 Å². The summed E-state index contributed by atoms with van der Waals surface area (Å²) in [6.07, 6.45) is 3.88. The SMILES string of the molecule is CC1(C)CC(N)CC(C)(CC(=N)N)C1. The summed E-state index contributed by atoms with van der Waals surface area (Å²) in [5, 5.41) is 7.39. The van der Waals surface area contributed by atoms with Gasteiger partial charge in [0.1, 0.15) is 0 Å². The third-order valence-corrected chi connectivity index (χ3v) is 3.09. The standard InChI is InChI=1S/C11H23N3/c1-10(2)4-8(12)5-11(3,7-10)6-9(13)14/h8H,4-7,12H2,1-3H3,(H3,13,14). The van der Waals surface area contributed by atoms with E-state index in [1.807, 2.05) is 0 Å². The molecule has 0 saturated heterocycles. The van der Waals surface area contributed by atoms with Gasteiger partial charge in [-0.25, -0.2) is 0 Å². The van der Waals surface area contributed by atoms with Crippen molar-refractivity contribution in [1.29, 1.82) is 5.41 Å². The molecular formula is C11H23N3. The third kappa shape index (κ3) is 2.98. The number of nitrogens with two attached hydrogens (primary N) is 2. The van der Waals surface area contributed by atoms with Crippen LogP contribution in [0.15, 0.2) is 0 Å². The van der Waals surface area contributed by atoms with E-state index < -0.39 is 0 Å². The minimum atomic E-state index is 0.132. The zero-order chi connectivity index (χ0) is 11.0. The van der Waals surface area contributed by atoms with Gasteiger partial charge in [-0.1, -0.05) is 20.8 Å². The Morgan fingerprint density at radius 1 is 1.36 bits per heavy atom. The molecule has 0 aromatic heterocycles. The summed E-state index contributed by atoms with van der Waals surface area (Å²) in [5.74, 6) is 0.289. The average molecular weight is 197 g/mol. The average Bonchev–Trinajstić information content (AvgIpc) is 1.74. The zero-order valence-corrected chi connectivity index (χ0v) is 9.56. The van der Waals surface area contributed by atoms with Gasteiger partial charge >= 0.3 is 0 Å². The van der Waals surface area contributed by atoms with Crippen molar-refractivity contribution in [3.8, 4) is 0 Å². The predicted octanol–water partition coefficient (Wildman–Crippen LogP) is 1.86. The summed E-state index contributed by atoms with van der Waals surface area (Å²) in [6, 6.07) is 0.267. The molecule has 0 aromatic rings. The summed E-state index contributed by atoms with van der Waals surface area (Å²) in [4.78, 5) is 0. The molecule has 1 aliphatic carbocycles. The van der Waals surface area contributed by atoms with Crippen molar-refractivity contribution in [3.63, 3.8) is 0 Å². The van der Waals surface area contributed by atoms with Gasteiger partial charge in [-0.3, -0.25) is 5.41 Å². The summed E-state index contributed by atoms with van der Waals surface area (Å²) < 4.78 is 0. The molecule has 2 unspecified atom stereocenters. The number of rotatable bonds is 2. The van der Waals surface area contributed by atoms with Crippen molar-refractivity contribution < 1.29 is 0 Å². The first-order valence-electron chi connectivity index (χ1n) is 5.31. The van der Waals surface area contributed by atoms with Crippen LogP contribution in [0, 0.1) is 16.2 Å². The quantitative estimate of drug-likeness (QED) is 0.467. The van der Waals surface area contributed by atoms with Crippen LogP contribution in [0.3, 0.4) is 0 Å². The maximum absolute atomic E-state index is 7.39. The molecule has 0 spiro atoms. The van der Waals surface area contributed by atoms with Crippen LogP contribution in [0.2, 0.25) is 0 Å². The van der Waals surface area contributed by atoms with Crippen LogP contribution in [0.25, 0.3) is 0 Å². The van der Waals surface area contributed by atoms with Crippen molar-refractivity contribution in [3.05, 3.63) is 0 Å². The fourth-order valence-corrected chi connectivity index (χ4v) is 3.31. The van der Waals surface area contributed by atoms with Crippen molar-refractivity contribution in [2.75, 3.05) is 0 Å². The van der Waals surface area contributed by atoms with Crippen LogP contribution in [0.1, 0.15) is 46.5 Å². The Morgan fingerprint density at radius 3 is 2.36 bits per heavy atom. The van der Waals surface area contributed by atoms with E-state index >= 15 is 0 Å². The number of hydrogen-bond acceptors (Lipinski definition) is 2. The van der Waals surface area contributed by atoms with Crippen LogP contribution in [0.4, 0.5) is 0 Å². The van der Waals surface area contributed by atoms with Gasteiger partial charge in [0.15, 0.2) is 0 Å². The molecule has 0 aliphatic heterocycles. The molecule has 3 nitrogen and oxygen atoms in total. The van der Waals surface area contributed by atoms with Crippen molar-refractivity contribution in [1.82, 2.24) is 0 Å². The summed E-state index contributed by atoms with van der Waals surface area (Å²) in [6.45, 7) is 6.71. The maximum atomic E-state index is 7.39. The molecule has 0 heterocycles. The zero-order valence-electron chi connectivity index (χ0n) is 9.56. The van der Waals surface area contributed by atoms with E-state index in [2.05, 4.69) is 20.8 Å². The van der Waals surface area contributed by atoms with Gasteiger partial charge in [0.2, 0.25) is 0 Å². The molecule has 1 rings (SSSR count). The molecule has 0 bridgehead atoms. The second kappa shape index (κ2) is 3.54. The van der Waals surface area contributed by atoms with Crippen molar-refractivity contribution >= 4 is 5.84 Å². The van der Waals surface area contributed by atoms with Crippen LogP contribution in [-0.4, -0.2) is 11.9 Å². The molecule has 0 radical (unpaired) electrons. The van der Waals surface area contributed by atoms with E-state index in [9.17, 15) is 0 Å². The predicted molar refractivity (Wildman–Crippen MR) is 60.2 cm³/mol.